The molecule has 0 fully saturated rings. The van der Waals surface area contributed by atoms with Gasteiger partial charge >= 0.3 is 11.4 Å². The Hall–Kier alpha value is -1.87. The second-order valence-corrected chi connectivity index (χ2v) is 5.12. The summed E-state index contributed by atoms with van der Waals surface area (Å²) in [6, 6.07) is 2.61. The third-order valence-electron chi connectivity index (χ3n) is 2.36. The average Bonchev–Trinajstić information content (AvgIpc) is 2.72. The van der Waals surface area contributed by atoms with E-state index in [0.717, 1.165) is 18.2 Å². The van der Waals surface area contributed by atoms with Crippen molar-refractivity contribution in [2.24, 2.45) is 0 Å². The molecular formula is C10H10ClN5O3S. The first kappa shape index (κ1) is 14.5. The molecule has 2 rings (SSSR count). The Morgan fingerprint density at radius 1 is 1.55 bits per heavy atom. The molecule has 0 saturated heterocycles. The summed E-state index contributed by atoms with van der Waals surface area (Å²) in [5.41, 5.74) is -0.545. The van der Waals surface area contributed by atoms with Crippen molar-refractivity contribution in [3.05, 3.63) is 37.9 Å². The standard InChI is InChI=1S/C10H10ClN5O3S/c1-2-5-15-9(17)13-14-10(15)20-8-6(16(18)19)3-4-7(11)12-8/h3-4H,2,5H2,1H3,(H,13,17). The highest BCUT2D eigenvalue weighted by atomic mass is 35.5. The summed E-state index contributed by atoms with van der Waals surface area (Å²) < 4.78 is 1.40. The molecule has 1 N–H and O–H groups in total. The Bertz CT molecular complexity index is 698. The molecule has 0 amide bonds. The molecule has 0 bridgehead atoms. The topological polar surface area (TPSA) is 107 Å². The molecule has 8 nitrogen and oxygen atoms in total. The fourth-order valence-corrected chi connectivity index (χ4v) is 2.65. The van der Waals surface area contributed by atoms with E-state index in [-0.39, 0.29) is 21.6 Å². The minimum absolute atomic E-state index is 0.0962. The fraction of sp³-hybridized carbons (Fsp3) is 0.300. The van der Waals surface area contributed by atoms with E-state index < -0.39 is 4.92 Å². The number of halogens is 1. The lowest BCUT2D eigenvalue weighted by atomic mass is 10.4. The van der Waals surface area contributed by atoms with Crippen LogP contribution in [0, 0.1) is 10.1 Å². The molecule has 0 saturated carbocycles. The molecule has 2 aromatic heterocycles. The smallest absolute Gasteiger partial charge is 0.270 e. The summed E-state index contributed by atoms with van der Waals surface area (Å²) in [7, 11) is 0. The number of hydrogen-bond acceptors (Lipinski definition) is 6. The van der Waals surface area contributed by atoms with Crippen LogP contribution in [0.5, 0.6) is 0 Å². The Kier molecular flexibility index (Phi) is 4.40. The van der Waals surface area contributed by atoms with Gasteiger partial charge < -0.3 is 0 Å². The molecule has 0 spiro atoms. The average molecular weight is 316 g/mol. The Morgan fingerprint density at radius 3 is 2.95 bits per heavy atom. The van der Waals surface area contributed by atoms with Gasteiger partial charge in [0.1, 0.15) is 5.15 Å². The minimum atomic E-state index is -0.555. The van der Waals surface area contributed by atoms with Crippen LogP contribution in [-0.2, 0) is 6.54 Å². The molecule has 0 aliphatic rings. The van der Waals surface area contributed by atoms with Crippen LogP contribution in [0.3, 0.4) is 0 Å². The maximum Gasteiger partial charge on any atom is 0.343 e. The highest BCUT2D eigenvalue weighted by molar-refractivity contribution is 7.99. The summed E-state index contributed by atoms with van der Waals surface area (Å²) in [5, 5.41) is 17.7. The lowest BCUT2D eigenvalue weighted by Gasteiger charge is -2.03. The summed E-state index contributed by atoms with van der Waals surface area (Å²) in [5.74, 6) is 0. The second-order valence-electron chi connectivity index (χ2n) is 3.78. The number of hydrogen-bond donors (Lipinski definition) is 1. The zero-order valence-corrected chi connectivity index (χ0v) is 11.9. The van der Waals surface area contributed by atoms with Gasteiger partial charge in [-0.3, -0.25) is 14.7 Å². The maximum atomic E-state index is 11.6. The molecule has 0 radical (unpaired) electrons. The van der Waals surface area contributed by atoms with Gasteiger partial charge in [-0.1, -0.05) is 18.5 Å². The van der Waals surface area contributed by atoms with E-state index in [2.05, 4.69) is 15.2 Å². The quantitative estimate of drug-likeness (QED) is 0.514. The Morgan fingerprint density at radius 2 is 2.30 bits per heavy atom. The molecule has 0 aromatic carbocycles. The molecule has 10 heteroatoms. The summed E-state index contributed by atoms with van der Waals surface area (Å²) >= 11 is 6.68. The maximum absolute atomic E-state index is 11.6. The van der Waals surface area contributed by atoms with Crippen LogP contribution in [-0.4, -0.2) is 24.7 Å². The first-order valence-corrected chi connectivity index (χ1v) is 6.86. The first-order chi connectivity index (χ1) is 9.52. The van der Waals surface area contributed by atoms with Crippen molar-refractivity contribution in [1.29, 1.82) is 0 Å². The molecule has 20 heavy (non-hydrogen) atoms. The number of H-pyrrole nitrogens is 1. The number of nitro groups is 1. The van der Waals surface area contributed by atoms with Gasteiger partial charge in [0.25, 0.3) is 0 Å². The molecule has 2 heterocycles. The molecule has 0 aliphatic heterocycles. The van der Waals surface area contributed by atoms with Crippen molar-refractivity contribution in [2.75, 3.05) is 0 Å². The van der Waals surface area contributed by atoms with E-state index in [1.54, 1.807) is 0 Å². The van der Waals surface area contributed by atoms with Crippen molar-refractivity contribution in [2.45, 2.75) is 30.1 Å². The number of nitrogens with zero attached hydrogens (tertiary/aromatic N) is 4. The largest absolute Gasteiger partial charge is 0.343 e. The molecule has 2 aromatic rings. The van der Waals surface area contributed by atoms with E-state index in [4.69, 9.17) is 11.6 Å². The van der Waals surface area contributed by atoms with Crippen LogP contribution in [0.15, 0.2) is 27.1 Å². The SMILES string of the molecule is CCCn1c(Sc2nc(Cl)ccc2[N+](=O)[O-])n[nH]c1=O. The number of rotatable bonds is 5. The number of pyridine rings is 1. The Balaban J connectivity index is 2.42. The number of aromatic amines is 1. The van der Waals surface area contributed by atoms with Gasteiger partial charge in [-0.05, 0) is 24.2 Å². The van der Waals surface area contributed by atoms with E-state index in [1.165, 1.54) is 16.7 Å². The highest BCUT2D eigenvalue weighted by Crippen LogP contribution is 2.32. The van der Waals surface area contributed by atoms with Crippen molar-refractivity contribution in [1.82, 2.24) is 19.7 Å². The summed E-state index contributed by atoms with van der Waals surface area (Å²) in [4.78, 5) is 25.9. The number of aromatic nitrogens is 4. The third kappa shape index (κ3) is 2.99. The van der Waals surface area contributed by atoms with Gasteiger partial charge in [0.05, 0.1) is 4.92 Å². The third-order valence-corrected chi connectivity index (χ3v) is 3.56. The second kappa shape index (κ2) is 6.06. The van der Waals surface area contributed by atoms with Gasteiger partial charge in [-0.15, -0.1) is 5.10 Å². The number of nitrogens with one attached hydrogen (secondary N) is 1. The predicted octanol–water partition coefficient (Wildman–Crippen LogP) is 2.09. The van der Waals surface area contributed by atoms with Gasteiger partial charge in [0.15, 0.2) is 10.2 Å². The molecule has 0 aliphatic carbocycles. The van der Waals surface area contributed by atoms with Crippen molar-refractivity contribution < 1.29 is 4.92 Å². The van der Waals surface area contributed by atoms with Gasteiger partial charge in [0, 0.05) is 12.6 Å². The normalized spacial score (nSPS) is 10.7. The monoisotopic (exact) mass is 315 g/mol. The lowest BCUT2D eigenvalue weighted by molar-refractivity contribution is -0.388. The zero-order chi connectivity index (χ0) is 14.7. The van der Waals surface area contributed by atoms with Crippen LogP contribution in [0.4, 0.5) is 5.69 Å². The van der Waals surface area contributed by atoms with Crippen molar-refractivity contribution in [3.63, 3.8) is 0 Å². The molecule has 0 atom stereocenters. The van der Waals surface area contributed by atoms with Crippen LogP contribution < -0.4 is 5.69 Å². The molecule has 106 valence electrons. The van der Waals surface area contributed by atoms with Crippen LogP contribution in [0.2, 0.25) is 5.15 Å². The minimum Gasteiger partial charge on any atom is -0.270 e. The van der Waals surface area contributed by atoms with E-state index in [9.17, 15) is 14.9 Å². The Labute approximate surface area is 122 Å². The summed E-state index contributed by atoms with van der Waals surface area (Å²) in [6.07, 6.45) is 0.734. The molecular weight excluding hydrogens is 306 g/mol. The predicted molar refractivity (Wildman–Crippen MR) is 73.2 cm³/mol. The van der Waals surface area contributed by atoms with Gasteiger partial charge in [-0.25, -0.2) is 14.9 Å². The highest BCUT2D eigenvalue weighted by Gasteiger charge is 2.20. The first-order valence-electron chi connectivity index (χ1n) is 5.67. The van der Waals surface area contributed by atoms with E-state index in [0.29, 0.717) is 11.7 Å². The van der Waals surface area contributed by atoms with E-state index in [1.807, 2.05) is 6.92 Å². The summed E-state index contributed by atoms with van der Waals surface area (Å²) in [6.45, 7) is 2.38. The van der Waals surface area contributed by atoms with Crippen molar-refractivity contribution in [3.8, 4) is 0 Å². The van der Waals surface area contributed by atoms with Gasteiger partial charge in [0.2, 0.25) is 0 Å². The van der Waals surface area contributed by atoms with Crippen molar-refractivity contribution >= 4 is 29.1 Å². The van der Waals surface area contributed by atoms with Crippen LogP contribution in [0.25, 0.3) is 0 Å². The fourth-order valence-electron chi connectivity index (χ4n) is 1.51. The van der Waals surface area contributed by atoms with Crippen LogP contribution in [0.1, 0.15) is 13.3 Å². The van der Waals surface area contributed by atoms with Crippen LogP contribution >= 0.6 is 23.4 Å². The van der Waals surface area contributed by atoms with E-state index >= 15 is 0 Å². The zero-order valence-electron chi connectivity index (χ0n) is 10.4. The van der Waals surface area contributed by atoms with Gasteiger partial charge in [-0.2, -0.15) is 0 Å². The molecule has 0 unspecified atom stereocenters. The lowest BCUT2D eigenvalue weighted by Crippen LogP contribution is -2.17.